The van der Waals surface area contributed by atoms with Gasteiger partial charge in [-0.05, 0) is 12.1 Å². The molecule has 0 unspecified atom stereocenters. The third-order valence-corrected chi connectivity index (χ3v) is 2.70. The highest BCUT2D eigenvalue weighted by Crippen LogP contribution is 2.28. The van der Waals surface area contributed by atoms with Crippen molar-refractivity contribution >= 4 is 17.3 Å². The van der Waals surface area contributed by atoms with E-state index in [9.17, 15) is 14.5 Å². The van der Waals surface area contributed by atoms with Crippen molar-refractivity contribution in [3.05, 3.63) is 63.2 Å². The number of nitro benzene ring substituents is 1. The first-order chi connectivity index (χ1) is 9.08. The molecule has 0 aliphatic carbocycles. The molecule has 2 rings (SSSR count). The highest BCUT2D eigenvalue weighted by molar-refractivity contribution is 6.31. The van der Waals surface area contributed by atoms with Gasteiger partial charge in [0.1, 0.15) is 12.4 Å². The quantitative estimate of drug-likeness (QED) is 0.637. The molecule has 0 aliphatic heterocycles. The number of ether oxygens (including phenoxy) is 1. The van der Waals surface area contributed by atoms with Gasteiger partial charge in [0.2, 0.25) is 0 Å². The van der Waals surface area contributed by atoms with Gasteiger partial charge in [0.05, 0.1) is 9.95 Å². The van der Waals surface area contributed by atoms with Gasteiger partial charge < -0.3 is 4.74 Å². The van der Waals surface area contributed by atoms with Gasteiger partial charge in [-0.1, -0.05) is 11.6 Å². The van der Waals surface area contributed by atoms with Gasteiger partial charge >= 0.3 is 5.69 Å². The molecule has 0 saturated heterocycles. The van der Waals surface area contributed by atoms with Crippen LogP contribution in [0.25, 0.3) is 0 Å². The molecule has 1 aromatic heterocycles. The lowest BCUT2D eigenvalue weighted by atomic mass is 10.2. The first kappa shape index (κ1) is 13.2. The minimum Gasteiger partial charge on any atom is -0.482 e. The molecule has 5 nitrogen and oxygen atoms in total. The SMILES string of the molecule is O=[N+]([O-])c1ccc(F)cc1OCc1ccncc1Cl. The van der Waals surface area contributed by atoms with Crippen molar-refractivity contribution in [2.45, 2.75) is 6.61 Å². The summed E-state index contributed by atoms with van der Waals surface area (Å²) in [5, 5.41) is 11.2. The highest BCUT2D eigenvalue weighted by atomic mass is 35.5. The number of nitrogens with zero attached hydrogens (tertiary/aromatic N) is 2. The number of halogens is 2. The fourth-order valence-electron chi connectivity index (χ4n) is 1.43. The molecule has 2 aromatic rings. The molecule has 0 fully saturated rings. The molecule has 1 aromatic carbocycles. The Kier molecular flexibility index (Phi) is 3.91. The highest BCUT2D eigenvalue weighted by Gasteiger charge is 2.16. The van der Waals surface area contributed by atoms with Gasteiger partial charge in [0.25, 0.3) is 0 Å². The Morgan fingerprint density at radius 3 is 2.89 bits per heavy atom. The van der Waals surface area contributed by atoms with Crippen LogP contribution in [0, 0.1) is 15.9 Å². The van der Waals surface area contributed by atoms with Crippen molar-refractivity contribution < 1.29 is 14.1 Å². The maximum Gasteiger partial charge on any atom is 0.311 e. The molecule has 0 saturated carbocycles. The van der Waals surface area contributed by atoms with Crippen LogP contribution in [-0.4, -0.2) is 9.91 Å². The number of pyridine rings is 1. The summed E-state index contributed by atoms with van der Waals surface area (Å²) in [6.07, 6.45) is 2.95. The largest absolute Gasteiger partial charge is 0.482 e. The molecule has 0 amide bonds. The van der Waals surface area contributed by atoms with E-state index < -0.39 is 10.7 Å². The molecule has 0 atom stereocenters. The summed E-state index contributed by atoms with van der Waals surface area (Å²) < 4.78 is 18.3. The van der Waals surface area contributed by atoms with E-state index in [1.807, 2.05) is 0 Å². The minimum atomic E-state index is -0.636. The molecule has 7 heteroatoms. The fourth-order valence-corrected chi connectivity index (χ4v) is 1.60. The van der Waals surface area contributed by atoms with Crippen molar-refractivity contribution in [2.75, 3.05) is 0 Å². The van der Waals surface area contributed by atoms with Crippen LogP contribution in [0.15, 0.2) is 36.7 Å². The molecule has 0 radical (unpaired) electrons. The van der Waals surface area contributed by atoms with Gasteiger partial charge in [-0.25, -0.2) is 4.39 Å². The summed E-state index contributed by atoms with van der Waals surface area (Å²) in [7, 11) is 0. The van der Waals surface area contributed by atoms with E-state index in [2.05, 4.69) is 4.98 Å². The molecule has 0 N–H and O–H groups in total. The van der Waals surface area contributed by atoms with Crippen molar-refractivity contribution in [1.29, 1.82) is 0 Å². The van der Waals surface area contributed by atoms with Gasteiger partial charge in [-0.3, -0.25) is 15.1 Å². The number of rotatable bonds is 4. The summed E-state index contributed by atoms with van der Waals surface area (Å²) in [6, 6.07) is 4.64. The van der Waals surface area contributed by atoms with E-state index in [4.69, 9.17) is 16.3 Å². The lowest BCUT2D eigenvalue weighted by Crippen LogP contribution is -2.00. The molecule has 98 valence electrons. The first-order valence-corrected chi connectivity index (χ1v) is 5.61. The summed E-state index contributed by atoms with van der Waals surface area (Å²) in [4.78, 5) is 13.9. The second-order valence-electron chi connectivity index (χ2n) is 3.62. The molecule has 19 heavy (non-hydrogen) atoms. The number of aromatic nitrogens is 1. The van der Waals surface area contributed by atoms with E-state index in [1.54, 1.807) is 6.07 Å². The van der Waals surface area contributed by atoms with Crippen LogP contribution in [0.4, 0.5) is 10.1 Å². The van der Waals surface area contributed by atoms with Gasteiger partial charge in [0, 0.05) is 30.1 Å². The average Bonchev–Trinajstić information content (AvgIpc) is 2.37. The zero-order valence-electron chi connectivity index (χ0n) is 9.55. The van der Waals surface area contributed by atoms with Crippen LogP contribution in [0.2, 0.25) is 5.02 Å². The van der Waals surface area contributed by atoms with Gasteiger partial charge in [-0.15, -0.1) is 0 Å². The Morgan fingerprint density at radius 2 is 2.21 bits per heavy atom. The predicted octanol–water partition coefficient (Wildman–Crippen LogP) is 3.36. The summed E-state index contributed by atoms with van der Waals surface area (Å²) in [5.41, 5.74) is 0.307. The van der Waals surface area contributed by atoms with Gasteiger partial charge in [0.15, 0.2) is 5.75 Å². The molecule has 0 aliphatic rings. The fraction of sp³-hybridized carbons (Fsp3) is 0.0833. The maximum atomic E-state index is 13.1. The zero-order chi connectivity index (χ0) is 13.8. The molecule has 0 bridgehead atoms. The summed E-state index contributed by atoms with van der Waals surface area (Å²) >= 11 is 5.87. The van der Waals surface area contributed by atoms with Crippen LogP contribution >= 0.6 is 11.6 Å². The Morgan fingerprint density at radius 1 is 1.42 bits per heavy atom. The smallest absolute Gasteiger partial charge is 0.311 e. The Hall–Kier alpha value is -2.21. The zero-order valence-corrected chi connectivity index (χ0v) is 10.3. The van der Waals surface area contributed by atoms with Crippen LogP contribution in [0.1, 0.15) is 5.56 Å². The van der Waals surface area contributed by atoms with E-state index in [1.165, 1.54) is 12.4 Å². The third kappa shape index (κ3) is 3.17. The van der Waals surface area contributed by atoms with Gasteiger partial charge in [-0.2, -0.15) is 0 Å². The second-order valence-corrected chi connectivity index (χ2v) is 4.03. The van der Waals surface area contributed by atoms with Crippen LogP contribution in [0.3, 0.4) is 0 Å². The number of nitro groups is 1. The maximum absolute atomic E-state index is 13.1. The third-order valence-electron chi connectivity index (χ3n) is 2.36. The molecule has 1 heterocycles. The second kappa shape index (κ2) is 5.62. The Bertz CT molecular complexity index is 622. The van der Waals surface area contributed by atoms with E-state index >= 15 is 0 Å². The number of hydrogen-bond acceptors (Lipinski definition) is 4. The molecular weight excluding hydrogens is 275 g/mol. The van der Waals surface area contributed by atoms with Crippen LogP contribution in [0.5, 0.6) is 5.75 Å². The average molecular weight is 283 g/mol. The predicted molar refractivity (Wildman–Crippen MR) is 66.6 cm³/mol. The normalized spacial score (nSPS) is 10.2. The van der Waals surface area contributed by atoms with Crippen molar-refractivity contribution in [3.8, 4) is 5.75 Å². The topological polar surface area (TPSA) is 65.3 Å². The standard InChI is InChI=1S/C12H8ClFN2O3/c13-10-6-15-4-3-8(10)7-19-12-5-9(14)1-2-11(12)16(17)18/h1-6H,7H2. The molecular formula is C12H8ClFN2O3. The van der Waals surface area contributed by atoms with E-state index in [0.717, 1.165) is 18.2 Å². The Labute approximate surface area is 112 Å². The lowest BCUT2D eigenvalue weighted by molar-refractivity contribution is -0.386. The van der Waals surface area contributed by atoms with Crippen molar-refractivity contribution in [1.82, 2.24) is 4.98 Å². The van der Waals surface area contributed by atoms with Crippen LogP contribution < -0.4 is 4.74 Å². The number of benzene rings is 1. The summed E-state index contributed by atoms with van der Waals surface area (Å²) in [5.74, 6) is -0.751. The Balaban J connectivity index is 2.22. The summed E-state index contributed by atoms with van der Waals surface area (Å²) in [6.45, 7) is -0.00829. The molecule has 0 spiro atoms. The lowest BCUT2D eigenvalue weighted by Gasteiger charge is -2.07. The monoisotopic (exact) mass is 282 g/mol. The van der Waals surface area contributed by atoms with E-state index in [-0.39, 0.29) is 18.0 Å². The minimum absolute atomic E-state index is 0.00829. The number of hydrogen-bond donors (Lipinski definition) is 0. The van der Waals surface area contributed by atoms with Crippen molar-refractivity contribution in [3.63, 3.8) is 0 Å². The van der Waals surface area contributed by atoms with Crippen molar-refractivity contribution in [2.24, 2.45) is 0 Å². The van der Waals surface area contributed by atoms with E-state index in [0.29, 0.717) is 10.6 Å². The van der Waals surface area contributed by atoms with Crippen LogP contribution in [-0.2, 0) is 6.61 Å². The first-order valence-electron chi connectivity index (χ1n) is 5.23.